The van der Waals surface area contributed by atoms with Crippen LogP contribution < -0.4 is 0 Å². The van der Waals surface area contributed by atoms with Crippen LogP contribution >= 0.6 is 23.4 Å². The molecule has 0 radical (unpaired) electrons. The van der Waals surface area contributed by atoms with Crippen LogP contribution in [0.1, 0.15) is 26.2 Å². The minimum absolute atomic E-state index is 0.653. The molecule has 0 aromatic carbocycles. The van der Waals surface area contributed by atoms with Crippen molar-refractivity contribution in [2.75, 3.05) is 11.6 Å². The van der Waals surface area contributed by atoms with Crippen molar-refractivity contribution in [3.63, 3.8) is 0 Å². The van der Waals surface area contributed by atoms with Gasteiger partial charge in [-0.15, -0.1) is 11.6 Å². The summed E-state index contributed by atoms with van der Waals surface area (Å²) in [5, 5.41) is 0.653. The first-order valence-electron chi connectivity index (χ1n) is 4.00. The Balaban J connectivity index is 1.83. The van der Waals surface area contributed by atoms with Crippen LogP contribution in [0.25, 0.3) is 0 Å². The third kappa shape index (κ3) is 3.72. The van der Waals surface area contributed by atoms with Crippen LogP contribution in [0, 0.1) is 5.92 Å². The summed E-state index contributed by atoms with van der Waals surface area (Å²) in [5.41, 5.74) is 0. The molecule has 1 aliphatic carbocycles. The molecule has 1 saturated carbocycles. The summed E-state index contributed by atoms with van der Waals surface area (Å²) in [6, 6.07) is 0. The van der Waals surface area contributed by atoms with E-state index < -0.39 is 0 Å². The van der Waals surface area contributed by atoms with Crippen molar-refractivity contribution in [1.29, 1.82) is 0 Å². The third-order valence-corrected chi connectivity index (χ3v) is 3.70. The van der Waals surface area contributed by atoms with Gasteiger partial charge in [0.1, 0.15) is 0 Å². The van der Waals surface area contributed by atoms with Crippen molar-refractivity contribution in [2.24, 2.45) is 5.92 Å². The Labute approximate surface area is 72.7 Å². The molecule has 1 atom stereocenters. The van der Waals surface area contributed by atoms with Gasteiger partial charge in [-0.3, -0.25) is 0 Å². The number of thioether (sulfide) groups is 1. The van der Waals surface area contributed by atoms with Crippen LogP contribution in [0.15, 0.2) is 0 Å². The molecule has 0 aliphatic heterocycles. The topological polar surface area (TPSA) is 0 Å². The van der Waals surface area contributed by atoms with Gasteiger partial charge in [0.25, 0.3) is 0 Å². The Hall–Kier alpha value is 0.640. The lowest BCUT2D eigenvalue weighted by Gasteiger charge is -2.05. The lowest BCUT2D eigenvalue weighted by atomic mass is 10.3. The maximum atomic E-state index is 5.66. The third-order valence-electron chi connectivity index (χ3n) is 1.84. The summed E-state index contributed by atoms with van der Waals surface area (Å²) >= 11 is 7.67. The predicted molar refractivity (Wildman–Crippen MR) is 50.0 cm³/mol. The van der Waals surface area contributed by atoms with E-state index >= 15 is 0 Å². The molecule has 0 N–H and O–H groups in total. The summed E-state index contributed by atoms with van der Waals surface area (Å²) in [6.07, 6.45) is 4.39. The van der Waals surface area contributed by atoms with Crippen molar-refractivity contribution in [3.8, 4) is 0 Å². The molecule has 0 spiro atoms. The zero-order valence-corrected chi connectivity index (χ0v) is 8.05. The summed E-state index contributed by atoms with van der Waals surface area (Å²) in [7, 11) is 0. The molecule has 1 fully saturated rings. The van der Waals surface area contributed by atoms with E-state index in [1.54, 1.807) is 0 Å². The second kappa shape index (κ2) is 4.50. The first-order valence-corrected chi connectivity index (χ1v) is 5.59. The van der Waals surface area contributed by atoms with Crippen LogP contribution in [-0.4, -0.2) is 16.9 Å². The Bertz CT molecular complexity index is 91.3. The molecule has 2 heteroatoms. The van der Waals surface area contributed by atoms with Gasteiger partial charge in [0.05, 0.1) is 0 Å². The Morgan fingerprint density at radius 3 is 2.80 bits per heavy atom. The fourth-order valence-corrected chi connectivity index (χ4v) is 2.12. The van der Waals surface area contributed by atoms with E-state index in [4.69, 9.17) is 11.6 Å². The van der Waals surface area contributed by atoms with Gasteiger partial charge in [0, 0.05) is 11.1 Å². The van der Waals surface area contributed by atoms with Gasteiger partial charge in [-0.25, -0.2) is 0 Å². The molecule has 1 rings (SSSR count). The predicted octanol–water partition coefficient (Wildman–Crippen LogP) is 3.15. The second-order valence-corrected chi connectivity index (χ2v) is 4.92. The van der Waals surface area contributed by atoms with Gasteiger partial charge in [0.15, 0.2) is 0 Å². The highest BCUT2D eigenvalue weighted by atomic mass is 35.5. The number of hydrogen-bond donors (Lipinski definition) is 0. The average Bonchev–Trinajstić information content (AvgIpc) is 2.71. The van der Waals surface area contributed by atoms with Crippen LogP contribution in [0.2, 0.25) is 0 Å². The molecule has 0 nitrogen and oxygen atoms in total. The number of halogens is 1. The molecule has 60 valence electrons. The van der Waals surface area contributed by atoms with Gasteiger partial charge >= 0.3 is 0 Å². The van der Waals surface area contributed by atoms with Crippen LogP contribution in [0.5, 0.6) is 0 Å². The minimum Gasteiger partial charge on any atom is -0.158 e. The summed E-state index contributed by atoms with van der Waals surface area (Å²) < 4.78 is 0. The lowest BCUT2D eigenvalue weighted by Crippen LogP contribution is -1.98. The van der Waals surface area contributed by atoms with E-state index in [-0.39, 0.29) is 0 Å². The summed E-state index contributed by atoms with van der Waals surface area (Å²) in [5.74, 6) is 3.20. The zero-order chi connectivity index (χ0) is 7.40. The number of hydrogen-bond acceptors (Lipinski definition) is 1. The van der Waals surface area contributed by atoms with E-state index in [0.717, 1.165) is 11.8 Å². The van der Waals surface area contributed by atoms with Crippen LogP contribution in [0.4, 0.5) is 0 Å². The molecule has 1 unspecified atom stereocenters. The largest absolute Gasteiger partial charge is 0.158 e. The standard InChI is InChI=1S/C8H15ClS/c1-7(6-9)10-5-4-8-2-3-8/h7-8H,2-6H2,1H3. The van der Waals surface area contributed by atoms with E-state index in [1.165, 1.54) is 25.0 Å². The average molecular weight is 179 g/mol. The SMILES string of the molecule is CC(CCl)SCCC1CC1. The van der Waals surface area contributed by atoms with E-state index in [2.05, 4.69) is 6.92 Å². The zero-order valence-electron chi connectivity index (χ0n) is 6.48. The number of alkyl halides is 1. The monoisotopic (exact) mass is 178 g/mol. The molecule has 1 aliphatic rings. The maximum Gasteiger partial charge on any atom is 0.0339 e. The van der Waals surface area contributed by atoms with Gasteiger partial charge in [0.2, 0.25) is 0 Å². The molecular weight excluding hydrogens is 164 g/mol. The highest BCUT2D eigenvalue weighted by Crippen LogP contribution is 2.33. The Kier molecular flexibility index (Phi) is 3.93. The summed E-state index contributed by atoms with van der Waals surface area (Å²) in [6.45, 7) is 2.20. The molecule has 0 saturated heterocycles. The van der Waals surface area contributed by atoms with E-state index in [1.807, 2.05) is 11.8 Å². The van der Waals surface area contributed by atoms with E-state index in [0.29, 0.717) is 5.25 Å². The quantitative estimate of drug-likeness (QED) is 0.583. The molecule has 0 aromatic rings. The van der Waals surface area contributed by atoms with Crippen molar-refractivity contribution in [2.45, 2.75) is 31.4 Å². The highest BCUT2D eigenvalue weighted by molar-refractivity contribution is 7.99. The Morgan fingerprint density at radius 2 is 2.30 bits per heavy atom. The van der Waals surface area contributed by atoms with Crippen molar-refractivity contribution >= 4 is 23.4 Å². The first-order chi connectivity index (χ1) is 4.83. The first kappa shape index (κ1) is 8.73. The van der Waals surface area contributed by atoms with Crippen molar-refractivity contribution < 1.29 is 0 Å². The van der Waals surface area contributed by atoms with Crippen LogP contribution in [-0.2, 0) is 0 Å². The van der Waals surface area contributed by atoms with Gasteiger partial charge in [-0.1, -0.05) is 19.8 Å². The molecule has 0 heterocycles. The smallest absolute Gasteiger partial charge is 0.0339 e. The molecule has 0 aromatic heterocycles. The molecular formula is C8H15ClS. The maximum absolute atomic E-state index is 5.66. The summed E-state index contributed by atoms with van der Waals surface area (Å²) in [4.78, 5) is 0. The minimum atomic E-state index is 0.653. The van der Waals surface area contributed by atoms with Gasteiger partial charge in [-0.05, 0) is 18.1 Å². The van der Waals surface area contributed by atoms with Crippen LogP contribution in [0.3, 0.4) is 0 Å². The Morgan fingerprint density at radius 1 is 1.60 bits per heavy atom. The molecule has 0 amide bonds. The fourth-order valence-electron chi connectivity index (χ4n) is 0.887. The van der Waals surface area contributed by atoms with E-state index in [9.17, 15) is 0 Å². The van der Waals surface area contributed by atoms with Crippen molar-refractivity contribution in [1.82, 2.24) is 0 Å². The van der Waals surface area contributed by atoms with Gasteiger partial charge < -0.3 is 0 Å². The molecule has 0 bridgehead atoms. The number of rotatable bonds is 5. The van der Waals surface area contributed by atoms with Crippen molar-refractivity contribution in [3.05, 3.63) is 0 Å². The normalized spacial score (nSPS) is 21.0. The second-order valence-electron chi connectivity index (χ2n) is 3.07. The molecule has 10 heavy (non-hydrogen) atoms. The van der Waals surface area contributed by atoms with Gasteiger partial charge in [-0.2, -0.15) is 11.8 Å². The fraction of sp³-hybridized carbons (Fsp3) is 1.00. The highest BCUT2D eigenvalue weighted by Gasteiger charge is 2.20. The lowest BCUT2D eigenvalue weighted by molar-refractivity contribution is 0.807.